The van der Waals surface area contributed by atoms with E-state index in [4.69, 9.17) is 0 Å². The number of benzene rings is 1. The molecule has 3 rings (SSSR count). The molecule has 1 fully saturated rings. The molecule has 3 heteroatoms. The van der Waals surface area contributed by atoms with Crippen LogP contribution in [-0.4, -0.2) is 21.6 Å². The van der Waals surface area contributed by atoms with Gasteiger partial charge in [0.2, 0.25) is 0 Å². The number of hydrogen-bond donors (Lipinski definition) is 1. The van der Waals surface area contributed by atoms with Crippen LogP contribution in [0, 0.1) is 0 Å². The van der Waals surface area contributed by atoms with E-state index >= 15 is 0 Å². The number of imidazole rings is 1. The van der Waals surface area contributed by atoms with E-state index in [1.54, 1.807) is 0 Å². The van der Waals surface area contributed by atoms with Crippen LogP contribution in [0.25, 0.3) is 0 Å². The summed E-state index contributed by atoms with van der Waals surface area (Å²) < 4.78 is 2.28. The van der Waals surface area contributed by atoms with Gasteiger partial charge in [0.25, 0.3) is 0 Å². The van der Waals surface area contributed by atoms with E-state index in [2.05, 4.69) is 58.3 Å². The van der Waals surface area contributed by atoms with Crippen molar-refractivity contribution in [3.63, 3.8) is 0 Å². The predicted molar refractivity (Wildman–Crippen MR) is 86.3 cm³/mol. The van der Waals surface area contributed by atoms with E-state index in [1.807, 2.05) is 12.5 Å². The second-order valence-electron chi connectivity index (χ2n) is 6.08. The van der Waals surface area contributed by atoms with Crippen LogP contribution in [0.5, 0.6) is 0 Å². The molecule has 1 aromatic heterocycles. The van der Waals surface area contributed by atoms with Crippen LogP contribution in [0.3, 0.4) is 0 Å². The normalized spacial score (nSPS) is 23.3. The minimum Gasteiger partial charge on any atom is -0.333 e. The molecule has 3 unspecified atom stereocenters. The first-order valence-corrected chi connectivity index (χ1v) is 8.14. The third-order valence-electron chi connectivity index (χ3n) is 4.65. The summed E-state index contributed by atoms with van der Waals surface area (Å²) in [5, 5.41) is 3.90. The molecule has 1 N–H and O–H groups in total. The number of aromatic nitrogens is 2. The smallest absolute Gasteiger partial charge is 0.0949 e. The van der Waals surface area contributed by atoms with Gasteiger partial charge in [0, 0.05) is 30.5 Å². The Kier molecular flexibility index (Phi) is 4.71. The summed E-state index contributed by atoms with van der Waals surface area (Å²) in [5.41, 5.74) is 1.43. The zero-order valence-corrected chi connectivity index (χ0v) is 12.8. The fourth-order valence-electron chi connectivity index (χ4n) is 3.48. The zero-order valence-electron chi connectivity index (χ0n) is 12.8. The van der Waals surface area contributed by atoms with Gasteiger partial charge in [-0.15, -0.1) is 0 Å². The third-order valence-corrected chi connectivity index (χ3v) is 4.65. The lowest BCUT2D eigenvalue weighted by atomic mass is 10.0. The minimum absolute atomic E-state index is 0.557. The molecule has 112 valence electrons. The molecule has 3 nitrogen and oxygen atoms in total. The number of nitrogens with zero attached hydrogens (tertiary/aromatic N) is 2. The molecule has 3 atom stereocenters. The number of nitrogens with one attached hydrogen (secondary N) is 1. The molecule has 0 saturated heterocycles. The molecule has 0 aliphatic heterocycles. The van der Waals surface area contributed by atoms with Gasteiger partial charge in [0.05, 0.1) is 6.33 Å². The quantitative estimate of drug-likeness (QED) is 0.878. The van der Waals surface area contributed by atoms with Crippen LogP contribution in [0.2, 0.25) is 0 Å². The molecule has 1 saturated carbocycles. The second kappa shape index (κ2) is 6.90. The summed E-state index contributed by atoms with van der Waals surface area (Å²) in [4.78, 5) is 4.20. The van der Waals surface area contributed by atoms with Gasteiger partial charge < -0.3 is 9.88 Å². The maximum absolute atomic E-state index is 4.20. The molecule has 21 heavy (non-hydrogen) atoms. The predicted octanol–water partition coefficient (Wildman–Crippen LogP) is 3.59. The van der Waals surface area contributed by atoms with E-state index in [-0.39, 0.29) is 0 Å². The van der Waals surface area contributed by atoms with Crippen LogP contribution >= 0.6 is 0 Å². The van der Waals surface area contributed by atoms with Crippen molar-refractivity contribution in [2.45, 2.75) is 57.2 Å². The Morgan fingerprint density at radius 2 is 2.14 bits per heavy atom. The van der Waals surface area contributed by atoms with Gasteiger partial charge in [-0.3, -0.25) is 0 Å². The lowest BCUT2D eigenvalue weighted by molar-refractivity contribution is 0.343. The molecule has 0 bridgehead atoms. The molecule has 1 aromatic carbocycles. The van der Waals surface area contributed by atoms with Gasteiger partial charge in [-0.05, 0) is 37.7 Å². The van der Waals surface area contributed by atoms with E-state index in [9.17, 15) is 0 Å². The molecule has 0 amide bonds. The van der Waals surface area contributed by atoms with Crippen molar-refractivity contribution in [1.29, 1.82) is 0 Å². The van der Waals surface area contributed by atoms with E-state index in [0.29, 0.717) is 18.1 Å². The summed E-state index contributed by atoms with van der Waals surface area (Å²) in [6.07, 6.45) is 12.1. The summed E-state index contributed by atoms with van der Waals surface area (Å²) in [6, 6.07) is 12.5. The monoisotopic (exact) mass is 283 g/mol. The maximum Gasteiger partial charge on any atom is 0.0949 e. The van der Waals surface area contributed by atoms with Crippen LogP contribution < -0.4 is 5.32 Å². The molecule has 1 heterocycles. The van der Waals surface area contributed by atoms with Crippen molar-refractivity contribution in [1.82, 2.24) is 14.9 Å². The summed E-state index contributed by atoms with van der Waals surface area (Å²) in [5.74, 6) is 0. The second-order valence-corrected chi connectivity index (χ2v) is 6.08. The molecule has 1 aliphatic carbocycles. The first kappa shape index (κ1) is 14.3. The molecule has 2 aromatic rings. The first-order valence-electron chi connectivity index (χ1n) is 8.14. The molecule has 1 aliphatic rings. The highest BCUT2D eigenvalue weighted by atomic mass is 15.1. The third kappa shape index (κ3) is 3.53. The molecule has 0 radical (unpaired) electrons. The number of rotatable bonds is 6. The largest absolute Gasteiger partial charge is 0.333 e. The standard InChI is InChI=1S/C18H25N3/c1-2-16(13-15-7-4-3-5-8-15)20-17-9-6-10-18(17)21-12-11-19-14-21/h3-5,7-8,11-12,14,16-18,20H,2,6,9-10,13H2,1H3. The Hall–Kier alpha value is -1.61. The van der Waals surface area contributed by atoms with Crippen LogP contribution in [0.4, 0.5) is 0 Å². The van der Waals surface area contributed by atoms with Gasteiger partial charge in [-0.25, -0.2) is 4.98 Å². The molecule has 0 spiro atoms. The highest BCUT2D eigenvalue weighted by Gasteiger charge is 2.29. The Labute approximate surface area is 127 Å². The fourth-order valence-corrected chi connectivity index (χ4v) is 3.48. The first-order chi connectivity index (χ1) is 10.4. The van der Waals surface area contributed by atoms with Gasteiger partial charge in [-0.2, -0.15) is 0 Å². The summed E-state index contributed by atoms with van der Waals surface area (Å²) in [7, 11) is 0. The summed E-state index contributed by atoms with van der Waals surface area (Å²) in [6.45, 7) is 2.28. The van der Waals surface area contributed by atoms with Gasteiger partial charge >= 0.3 is 0 Å². The van der Waals surface area contributed by atoms with Crippen molar-refractivity contribution in [3.8, 4) is 0 Å². The van der Waals surface area contributed by atoms with E-state index < -0.39 is 0 Å². The highest BCUT2D eigenvalue weighted by molar-refractivity contribution is 5.16. The lowest BCUT2D eigenvalue weighted by Crippen LogP contribution is -2.41. The van der Waals surface area contributed by atoms with E-state index in [0.717, 1.165) is 6.42 Å². The van der Waals surface area contributed by atoms with Crippen molar-refractivity contribution in [3.05, 3.63) is 54.6 Å². The van der Waals surface area contributed by atoms with Crippen LogP contribution in [0.15, 0.2) is 49.1 Å². The Morgan fingerprint density at radius 1 is 1.29 bits per heavy atom. The summed E-state index contributed by atoms with van der Waals surface area (Å²) >= 11 is 0. The SMILES string of the molecule is CCC(Cc1ccccc1)NC1CCCC1n1ccnc1. The Morgan fingerprint density at radius 3 is 2.86 bits per heavy atom. The zero-order chi connectivity index (χ0) is 14.5. The van der Waals surface area contributed by atoms with Gasteiger partial charge in [0.15, 0.2) is 0 Å². The fraction of sp³-hybridized carbons (Fsp3) is 0.500. The van der Waals surface area contributed by atoms with Crippen molar-refractivity contribution >= 4 is 0 Å². The van der Waals surface area contributed by atoms with E-state index in [1.165, 1.54) is 31.2 Å². The van der Waals surface area contributed by atoms with Crippen molar-refractivity contribution in [2.75, 3.05) is 0 Å². The highest BCUT2D eigenvalue weighted by Crippen LogP contribution is 2.30. The molecular formula is C18H25N3. The van der Waals surface area contributed by atoms with Gasteiger partial charge in [-0.1, -0.05) is 37.3 Å². The van der Waals surface area contributed by atoms with Gasteiger partial charge in [0.1, 0.15) is 0 Å². The minimum atomic E-state index is 0.557. The lowest BCUT2D eigenvalue weighted by Gasteiger charge is -2.27. The average Bonchev–Trinajstić information content (AvgIpc) is 3.18. The Balaban J connectivity index is 1.63. The maximum atomic E-state index is 4.20. The van der Waals surface area contributed by atoms with Crippen LogP contribution in [0.1, 0.15) is 44.2 Å². The molecular weight excluding hydrogens is 258 g/mol. The van der Waals surface area contributed by atoms with Crippen molar-refractivity contribution < 1.29 is 0 Å². The van der Waals surface area contributed by atoms with Crippen LogP contribution in [-0.2, 0) is 6.42 Å². The van der Waals surface area contributed by atoms with Crippen molar-refractivity contribution in [2.24, 2.45) is 0 Å². The average molecular weight is 283 g/mol. The number of hydrogen-bond acceptors (Lipinski definition) is 2. The topological polar surface area (TPSA) is 29.9 Å². The Bertz CT molecular complexity index is 521.